The van der Waals surface area contributed by atoms with Crippen molar-refractivity contribution in [3.05, 3.63) is 41.1 Å². The van der Waals surface area contributed by atoms with Crippen LogP contribution in [0.4, 0.5) is 5.69 Å². The molecular weight excluding hydrogens is 318 g/mol. The second-order valence-electron chi connectivity index (χ2n) is 6.14. The molecule has 2 atom stereocenters. The molecule has 2 aliphatic heterocycles. The van der Waals surface area contributed by atoms with Crippen molar-refractivity contribution < 1.29 is 9.53 Å². The summed E-state index contributed by atoms with van der Waals surface area (Å²) in [4.78, 5) is 15.3. The zero-order valence-corrected chi connectivity index (χ0v) is 14.0. The van der Waals surface area contributed by atoms with Crippen molar-refractivity contribution in [1.29, 1.82) is 10.7 Å². The van der Waals surface area contributed by atoms with Gasteiger partial charge in [0.1, 0.15) is 11.3 Å². The summed E-state index contributed by atoms with van der Waals surface area (Å²) >= 11 is 0. The molecule has 1 aromatic heterocycles. The van der Waals surface area contributed by atoms with Crippen LogP contribution in [0.25, 0.3) is 0 Å². The molecular formula is C18H17N5O2. The van der Waals surface area contributed by atoms with E-state index in [0.717, 1.165) is 16.9 Å². The van der Waals surface area contributed by atoms with E-state index in [2.05, 4.69) is 16.3 Å². The molecule has 0 radical (unpaired) electrons. The van der Waals surface area contributed by atoms with Crippen molar-refractivity contribution in [1.82, 2.24) is 10.2 Å². The number of carbonyl (C=O) groups is 1. The molecule has 7 heteroatoms. The molecule has 1 spiro atoms. The Hall–Kier alpha value is -3.14. The van der Waals surface area contributed by atoms with Gasteiger partial charge in [-0.15, -0.1) is 5.10 Å². The summed E-state index contributed by atoms with van der Waals surface area (Å²) in [6.07, 6.45) is 0.612. The number of H-pyrrole nitrogens is 1. The Labute approximate surface area is 144 Å². The Kier molecular flexibility index (Phi) is 3.19. The first-order valence-electron chi connectivity index (χ1n) is 8.26. The largest absolute Gasteiger partial charge is 0.422 e. The number of likely N-dealkylation sites (N-methyl/N-ethyl adjacent to an activating group) is 1. The van der Waals surface area contributed by atoms with Gasteiger partial charge in [-0.25, -0.2) is 0 Å². The standard InChI is InChI=1S/C18H17N5O2/c1-3-12-14-16(22-21-12)25-15(20)11(9-19)18(14)10-7-5-6-8-13(10)23(4-2)17(18)24/h5-8,11,20H,3-4H2,1-2H3,(H,21,22). The maximum atomic E-state index is 13.6. The third kappa shape index (κ3) is 1.66. The van der Waals surface area contributed by atoms with Gasteiger partial charge in [0.05, 0.1) is 11.6 Å². The highest BCUT2D eigenvalue weighted by atomic mass is 16.5. The van der Waals surface area contributed by atoms with Gasteiger partial charge < -0.3 is 9.64 Å². The molecule has 0 saturated carbocycles. The summed E-state index contributed by atoms with van der Waals surface area (Å²) < 4.78 is 5.48. The fourth-order valence-corrected chi connectivity index (χ4v) is 4.07. The van der Waals surface area contributed by atoms with Gasteiger partial charge in [0.15, 0.2) is 0 Å². The molecule has 2 N–H and O–H groups in total. The van der Waals surface area contributed by atoms with Crippen molar-refractivity contribution in [2.24, 2.45) is 5.92 Å². The number of hydrogen-bond acceptors (Lipinski definition) is 5. The summed E-state index contributed by atoms with van der Waals surface area (Å²) in [6.45, 7) is 4.33. The number of amides is 1. The summed E-state index contributed by atoms with van der Waals surface area (Å²) in [5.41, 5.74) is 1.57. The van der Waals surface area contributed by atoms with E-state index in [4.69, 9.17) is 10.1 Å². The summed E-state index contributed by atoms with van der Waals surface area (Å²) in [6, 6.07) is 9.61. The Morgan fingerprint density at radius 2 is 2.20 bits per heavy atom. The molecule has 0 saturated heterocycles. The minimum atomic E-state index is -1.29. The number of benzene rings is 1. The van der Waals surface area contributed by atoms with Gasteiger partial charge in [-0.1, -0.05) is 25.1 Å². The number of fused-ring (bicyclic) bond motifs is 4. The van der Waals surface area contributed by atoms with E-state index < -0.39 is 11.3 Å². The van der Waals surface area contributed by atoms with E-state index in [1.807, 2.05) is 38.1 Å². The summed E-state index contributed by atoms with van der Waals surface area (Å²) in [7, 11) is 0. The first-order chi connectivity index (χ1) is 12.1. The van der Waals surface area contributed by atoms with Crippen LogP contribution in [-0.2, 0) is 16.6 Å². The number of para-hydroxylation sites is 1. The van der Waals surface area contributed by atoms with Crippen LogP contribution in [0.3, 0.4) is 0 Å². The van der Waals surface area contributed by atoms with E-state index in [9.17, 15) is 10.1 Å². The number of ether oxygens (including phenoxy) is 1. The van der Waals surface area contributed by atoms with E-state index in [-0.39, 0.29) is 17.7 Å². The average Bonchev–Trinajstić information content (AvgIpc) is 3.13. The highest BCUT2D eigenvalue weighted by Gasteiger charge is 2.63. The van der Waals surface area contributed by atoms with Crippen LogP contribution >= 0.6 is 0 Å². The Morgan fingerprint density at radius 1 is 1.44 bits per heavy atom. The van der Waals surface area contributed by atoms with Gasteiger partial charge in [0, 0.05) is 17.9 Å². The normalized spacial score (nSPS) is 24.0. The predicted molar refractivity (Wildman–Crippen MR) is 90.7 cm³/mol. The van der Waals surface area contributed by atoms with Crippen LogP contribution in [0, 0.1) is 22.7 Å². The third-order valence-corrected chi connectivity index (χ3v) is 5.11. The lowest BCUT2D eigenvalue weighted by Crippen LogP contribution is -2.52. The predicted octanol–water partition coefficient (Wildman–Crippen LogP) is 2.13. The molecule has 0 fully saturated rings. The van der Waals surface area contributed by atoms with Crippen molar-refractivity contribution in [3.8, 4) is 11.9 Å². The van der Waals surface area contributed by atoms with Crippen molar-refractivity contribution >= 4 is 17.5 Å². The van der Waals surface area contributed by atoms with Gasteiger partial charge in [0.2, 0.25) is 17.7 Å². The summed E-state index contributed by atoms with van der Waals surface area (Å²) in [5.74, 6) is -1.26. The fourth-order valence-electron chi connectivity index (χ4n) is 4.07. The van der Waals surface area contributed by atoms with E-state index in [1.54, 1.807) is 4.90 Å². The molecule has 2 aliphatic rings. The smallest absolute Gasteiger partial charge is 0.244 e. The number of anilines is 1. The topological polar surface area (TPSA) is 106 Å². The van der Waals surface area contributed by atoms with E-state index in [1.165, 1.54) is 0 Å². The number of nitrogens with zero attached hydrogens (tertiary/aromatic N) is 3. The van der Waals surface area contributed by atoms with Crippen molar-refractivity contribution in [2.75, 3.05) is 11.4 Å². The second kappa shape index (κ2) is 5.18. The third-order valence-electron chi connectivity index (χ3n) is 5.11. The van der Waals surface area contributed by atoms with Gasteiger partial charge in [-0.2, -0.15) is 5.26 Å². The Morgan fingerprint density at radius 3 is 2.88 bits per heavy atom. The highest BCUT2D eigenvalue weighted by molar-refractivity contribution is 6.14. The molecule has 1 aromatic carbocycles. The van der Waals surface area contributed by atoms with Gasteiger partial charge in [0.25, 0.3) is 0 Å². The molecule has 3 heterocycles. The molecule has 0 bridgehead atoms. The molecule has 4 rings (SSSR count). The minimum absolute atomic E-state index is 0.201. The number of hydrogen-bond donors (Lipinski definition) is 2. The number of nitrogens with one attached hydrogen (secondary N) is 2. The van der Waals surface area contributed by atoms with Crippen molar-refractivity contribution in [2.45, 2.75) is 25.7 Å². The van der Waals surface area contributed by atoms with Crippen LogP contribution in [0.1, 0.15) is 30.7 Å². The lowest BCUT2D eigenvalue weighted by atomic mass is 9.65. The number of carbonyl (C=O) groups excluding carboxylic acids is 1. The Bertz CT molecular complexity index is 941. The molecule has 25 heavy (non-hydrogen) atoms. The molecule has 2 unspecified atom stereocenters. The lowest BCUT2D eigenvalue weighted by molar-refractivity contribution is -0.122. The summed E-state index contributed by atoms with van der Waals surface area (Å²) in [5, 5.41) is 25.1. The number of aryl methyl sites for hydroxylation is 1. The van der Waals surface area contributed by atoms with Crippen LogP contribution < -0.4 is 9.64 Å². The van der Waals surface area contributed by atoms with Crippen LogP contribution in [-0.4, -0.2) is 28.5 Å². The van der Waals surface area contributed by atoms with Gasteiger partial charge in [-0.05, 0) is 25.0 Å². The maximum absolute atomic E-state index is 13.6. The first kappa shape index (κ1) is 15.4. The molecule has 126 valence electrons. The van der Waals surface area contributed by atoms with E-state index in [0.29, 0.717) is 18.5 Å². The average molecular weight is 335 g/mol. The number of aromatic amines is 1. The molecule has 2 aromatic rings. The van der Waals surface area contributed by atoms with Gasteiger partial charge >= 0.3 is 0 Å². The van der Waals surface area contributed by atoms with Crippen LogP contribution in [0.2, 0.25) is 0 Å². The molecule has 0 aliphatic carbocycles. The quantitative estimate of drug-likeness (QED) is 0.877. The second-order valence-corrected chi connectivity index (χ2v) is 6.14. The van der Waals surface area contributed by atoms with Crippen LogP contribution in [0.15, 0.2) is 24.3 Å². The SMILES string of the molecule is CCc1[nH]nc2c1C1(C(=O)N(CC)c3ccccc31)C(C#N)C(=N)O2. The van der Waals surface area contributed by atoms with Gasteiger partial charge in [-0.3, -0.25) is 15.3 Å². The number of rotatable bonds is 2. The number of nitriles is 1. The highest BCUT2D eigenvalue weighted by Crippen LogP contribution is 2.55. The first-order valence-corrected chi connectivity index (χ1v) is 8.26. The zero-order valence-electron chi connectivity index (χ0n) is 14.0. The van der Waals surface area contributed by atoms with E-state index >= 15 is 0 Å². The number of aromatic nitrogens is 2. The maximum Gasteiger partial charge on any atom is 0.244 e. The van der Waals surface area contributed by atoms with Crippen LogP contribution in [0.5, 0.6) is 5.88 Å². The minimum Gasteiger partial charge on any atom is -0.422 e. The molecule has 7 nitrogen and oxygen atoms in total. The lowest BCUT2D eigenvalue weighted by Gasteiger charge is -2.36. The fraction of sp³-hybridized carbons (Fsp3) is 0.333. The monoisotopic (exact) mass is 335 g/mol. The Balaban J connectivity index is 2.15. The molecule has 1 amide bonds. The van der Waals surface area contributed by atoms with Crippen molar-refractivity contribution in [3.63, 3.8) is 0 Å². The zero-order chi connectivity index (χ0) is 17.8.